The van der Waals surface area contributed by atoms with Gasteiger partial charge in [0.2, 0.25) is 5.91 Å². The molecule has 0 unspecified atom stereocenters. The predicted octanol–water partition coefficient (Wildman–Crippen LogP) is 2.70. The van der Waals surface area contributed by atoms with Crippen molar-refractivity contribution in [3.63, 3.8) is 0 Å². The van der Waals surface area contributed by atoms with Gasteiger partial charge in [0, 0.05) is 32.1 Å². The van der Waals surface area contributed by atoms with Crippen molar-refractivity contribution in [1.82, 2.24) is 24.7 Å². The van der Waals surface area contributed by atoms with Gasteiger partial charge in [-0.3, -0.25) is 4.79 Å². The van der Waals surface area contributed by atoms with Crippen LogP contribution in [0.1, 0.15) is 43.7 Å². The zero-order chi connectivity index (χ0) is 19.8. The number of carbonyl (C=O) groups excluding carboxylic acids is 1. The van der Waals surface area contributed by atoms with Crippen molar-refractivity contribution in [3.8, 4) is 0 Å². The van der Waals surface area contributed by atoms with Crippen LogP contribution in [0.3, 0.4) is 0 Å². The van der Waals surface area contributed by atoms with Crippen LogP contribution in [0.15, 0.2) is 16.9 Å². The molecule has 1 fully saturated rings. The van der Waals surface area contributed by atoms with Crippen molar-refractivity contribution < 1.29 is 9.32 Å². The fraction of sp³-hybridized carbons (Fsp3) is 0.550. The zero-order valence-corrected chi connectivity index (χ0v) is 16.6. The molecule has 3 aromatic rings. The lowest BCUT2D eigenvalue weighted by atomic mass is 9.97. The highest BCUT2D eigenvalue weighted by atomic mass is 16.5. The first-order valence-electron chi connectivity index (χ1n) is 10.4. The molecule has 1 N–H and O–H groups in total. The van der Waals surface area contributed by atoms with E-state index < -0.39 is 0 Å². The van der Waals surface area contributed by atoms with E-state index in [1.54, 1.807) is 19.3 Å². The molecule has 9 nitrogen and oxygen atoms in total. The van der Waals surface area contributed by atoms with E-state index >= 15 is 0 Å². The van der Waals surface area contributed by atoms with Gasteiger partial charge in [-0.05, 0) is 32.6 Å². The van der Waals surface area contributed by atoms with Crippen LogP contribution in [-0.4, -0.2) is 43.7 Å². The number of anilines is 2. The number of piperidine rings is 1. The minimum absolute atomic E-state index is 0.0334. The van der Waals surface area contributed by atoms with E-state index in [2.05, 4.69) is 29.9 Å². The van der Waals surface area contributed by atoms with Crippen molar-refractivity contribution in [2.45, 2.75) is 52.0 Å². The van der Waals surface area contributed by atoms with Gasteiger partial charge >= 0.3 is 0 Å². The first kappa shape index (κ1) is 18.1. The third-order valence-corrected chi connectivity index (χ3v) is 5.84. The molecule has 29 heavy (non-hydrogen) atoms. The van der Waals surface area contributed by atoms with Gasteiger partial charge in [-0.1, -0.05) is 11.6 Å². The van der Waals surface area contributed by atoms with E-state index in [4.69, 9.17) is 9.51 Å². The molecule has 1 amide bonds. The molecule has 152 valence electrons. The minimum Gasteiger partial charge on any atom is -0.360 e. The summed E-state index contributed by atoms with van der Waals surface area (Å²) in [5.41, 5.74) is 1.77. The smallest absolute Gasteiger partial charge is 0.230 e. The molecule has 0 spiro atoms. The topological polar surface area (TPSA) is 102 Å². The van der Waals surface area contributed by atoms with Crippen molar-refractivity contribution in [2.24, 2.45) is 5.92 Å². The minimum atomic E-state index is -0.133. The van der Waals surface area contributed by atoms with Gasteiger partial charge in [0.05, 0.1) is 5.92 Å². The Labute approximate surface area is 168 Å². The van der Waals surface area contributed by atoms with E-state index in [1.165, 1.54) is 12.8 Å². The Morgan fingerprint density at radius 2 is 2.14 bits per heavy atom. The quantitative estimate of drug-likeness (QED) is 0.727. The number of rotatable bonds is 3. The van der Waals surface area contributed by atoms with E-state index in [9.17, 15) is 4.79 Å². The molecule has 0 saturated carbocycles. The molecular weight excluding hydrogens is 370 g/mol. The first-order chi connectivity index (χ1) is 14.2. The normalized spacial score (nSPS) is 19.8. The second-order valence-corrected chi connectivity index (χ2v) is 7.96. The number of nitrogens with zero attached hydrogens (tertiary/aromatic N) is 6. The van der Waals surface area contributed by atoms with Crippen molar-refractivity contribution in [3.05, 3.63) is 24.0 Å². The van der Waals surface area contributed by atoms with Crippen LogP contribution in [0.4, 0.5) is 11.6 Å². The standard InChI is InChI=1S/C20H25N7O2/c1-13-10-15(25-29-13)23-20(28)14-6-5-8-26(11-14)18-17-19(22-12-21-18)27-9-4-2-3-7-16(27)24-17/h10,12,14H,2-9,11H2,1H3,(H,23,25,28)/t14-/m1/s1. The molecule has 9 heteroatoms. The van der Waals surface area contributed by atoms with Crippen LogP contribution < -0.4 is 10.2 Å². The highest BCUT2D eigenvalue weighted by molar-refractivity contribution is 5.92. The molecule has 3 aromatic heterocycles. The van der Waals surface area contributed by atoms with Crippen molar-refractivity contribution in [1.29, 1.82) is 0 Å². The fourth-order valence-corrected chi connectivity index (χ4v) is 4.39. The monoisotopic (exact) mass is 395 g/mol. The number of amides is 1. The molecule has 2 aliphatic rings. The van der Waals surface area contributed by atoms with E-state index in [0.717, 1.165) is 61.6 Å². The SMILES string of the molecule is Cc1cc(NC(=O)[C@@H]2CCCN(c3ncnc4c3nc3n4CCCCC3)C2)no1. The van der Waals surface area contributed by atoms with Gasteiger partial charge in [-0.15, -0.1) is 0 Å². The van der Waals surface area contributed by atoms with Crippen LogP contribution in [0, 0.1) is 12.8 Å². The zero-order valence-electron chi connectivity index (χ0n) is 16.6. The third kappa shape index (κ3) is 3.45. The summed E-state index contributed by atoms with van der Waals surface area (Å²) < 4.78 is 7.28. The van der Waals surface area contributed by atoms with Crippen LogP contribution >= 0.6 is 0 Å². The molecule has 0 aromatic carbocycles. The van der Waals surface area contributed by atoms with Gasteiger partial charge in [-0.25, -0.2) is 15.0 Å². The second-order valence-electron chi connectivity index (χ2n) is 7.96. The highest BCUT2D eigenvalue weighted by Crippen LogP contribution is 2.29. The molecule has 5 rings (SSSR count). The van der Waals surface area contributed by atoms with Gasteiger partial charge in [0.25, 0.3) is 0 Å². The number of aromatic nitrogens is 5. The summed E-state index contributed by atoms with van der Waals surface area (Å²) in [5.74, 6) is 2.91. The molecule has 2 aliphatic heterocycles. The first-order valence-corrected chi connectivity index (χ1v) is 10.4. The van der Waals surface area contributed by atoms with Crippen LogP contribution in [0.5, 0.6) is 0 Å². The predicted molar refractivity (Wildman–Crippen MR) is 108 cm³/mol. The number of nitrogens with one attached hydrogen (secondary N) is 1. The number of fused-ring (bicyclic) bond motifs is 3. The molecule has 0 aliphatic carbocycles. The van der Waals surface area contributed by atoms with E-state index in [0.29, 0.717) is 18.1 Å². The fourth-order valence-electron chi connectivity index (χ4n) is 4.39. The maximum Gasteiger partial charge on any atom is 0.230 e. The Bertz CT molecular complexity index is 1040. The Kier molecular flexibility index (Phi) is 4.65. The lowest BCUT2D eigenvalue weighted by Crippen LogP contribution is -2.41. The molecule has 0 bridgehead atoms. The summed E-state index contributed by atoms with van der Waals surface area (Å²) >= 11 is 0. The Hall–Kier alpha value is -2.97. The van der Waals surface area contributed by atoms with Gasteiger partial charge in [0.15, 0.2) is 22.8 Å². The van der Waals surface area contributed by atoms with E-state index in [1.807, 2.05) is 0 Å². The summed E-state index contributed by atoms with van der Waals surface area (Å²) in [6.45, 7) is 4.24. The molecule has 5 heterocycles. The third-order valence-electron chi connectivity index (χ3n) is 5.84. The molecule has 0 radical (unpaired) electrons. The Morgan fingerprint density at radius 1 is 1.21 bits per heavy atom. The highest BCUT2D eigenvalue weighted by Gasteiger charge is 2.29. The van der Waals surface area contributed by atoms with Gasteiger partial charge < -0.3 is 19.3 Å². The van der Waals surface area contributed by atoms with Crippen molar-refractivity contribution in [2.75, 3.05) is 23.3 Å². The summed E-state index contributed by atoms with van der Waals surface area (Å²) in [5, 5.41) is 6.72. The van der Waals surface area contributed by atoms with Crippen molar-refractivity contribution >= 4 is 28.7 Å². The Balaban J connectivity index is 1.39. The van der Waals surface area contributed by atoms with Crippen LogP contribution in [0.25, 0.3) is 11.2 Å². The summed E-state index contributed by atoms with van der Waals surface area (Å²) in [6, 6.07) is 1.73. The van der Waals surface area contributed by atoms with Crippen LogP contribution in [0.2, 0.25) is 0 Å². The molecular formula is C20H25N7O2. The summed E-state index contributed by atoms with van der Waals surface area (Å²) in [6.07, 6.45) is 7.93. The molecule has 1 saturated heterocycles. The number of carbonyl (C=O) groups is 1. The number of imidazole rings is 1. The largest absolute Gasteiger partial charge is 0.360 e. The maximum absolute atomic E-state index is 12.7. The lowest BCUT2D eigenvalue weighted by molar-refractivity contribution is -0.120. The summed E-state index contributed by atoms with van der Waals surface area (Å²) in [4.78, 5) is 28.9. The molecule has 1 atom stereocenters. The average Bonchev–Trinajstić information content (AvgIpc) is 3.22. The summed E-state index contributed by atoms with van der Waals surface area (Å²) in [7, 11) is 0. The number of hydrogen-bond donors (Lipinski definition) is 1. The Morgan fingerprint density at radius 3 is 3.00 bits per heavy atom. The van der Waals surface area contributed by atoms with Crippen LogP contribution in [-0.2, 0) is 17.8 Å². The number of aryl methyl sites for hydroxylation is 3. The lowest BCUT2D eigenvalue weighted by Gasteiger charge is -2.32. The van der Waals surface area contributed by atoms with Gasteiger partial charge in [-0.2, -0.15) is 0 Å². The van der Waals surface area contributed by atoms with E-state index in [-0.39, 0.29) is 11.8 Å². The second kappa shape index (κ2) is 7.46. The van der Waals surface area contributed by atoms with Gasteiger partial charge in [0.1, 0.15) is 17.9 Å². The average molecular weight is 395 g/mol. The maximum atomic E-state index is 12.7. The number of hydrogen-bond acceptors (Lipinski definition) is 7.